The molecule has 0 aliphatic rings. The third kappa shape index (κ3) is 6.50. The molecule has 80 valence electrons. The molecule has 0 aliphatic carbocycles. The number of carbonyl (C=O) groups is 1. The third-order valence-electron chi connectivity index (χ3n) is 2.11. The van der Waals surface area contributed by atoms with Gasteiger partial charge in [0.2, 0.25) is 0 Å². The minimum atomic E-state index is -0.835. The van der Waals surface area contributed by atoms with E-state index in [0.29, 0.717) is 12.0 Å². The first kappa shape index (κ1) is 13.0. The summed E-state index contributed by atoms with van der Waals surface area (Å²) in [5.74, 6) is -0.835. The minimum Gasteiger partial charge on any atom is -0.477 e. The normalized spacial score (nSPS) is 9.29. The lowest BCUT2D eigenvalue weighted by Gasteiger charge is -1.99. The number of carboxylic acid groups (broad SMARTS) is 1. The SMILES string of the molecule is CC=C=C(CCCCCCC)C(=O)O. The van der Waals surface area contributed by atoms with Crippen molar-refractivity contribution in [1.29, 1.82) is 0 Å². The summed E-state index contributed by atoms with van der Waals surface area (Å²) < 4.78 is 0. The molecule has 0 unspecified atom stereocenters. The fourth-order valence-electron chi connectivity index (χ4n) is 1.32. The van der Waals surface area contributed by atoms with Gasteiger partial charge in [-0.3, -0.25) is 0 Å². The van der Waals surface area contributed by atoms with Gasteiger partial charge in [0.05, 0.1) is 5.57 Å². The zero-order chi connectivity index (χ0) is 10.8. The Labute approximate surface area is 86.3 Å². The summed E-state index contributed by atoms with van der Waals surface area (Å²) in [6.45, 7) is 3.96. The molecule has 0 amide bonds. The molecule has 0 radical (unpaired) electrons. The second-order valence-electron chi connectivity index (χ2n) is 3.38. The average Bonchev–Trinajstić information content (AvgIpc) is 2.15. The van der Waals surface area contributed by atoms with Crippen LogP contribution in [0, 0.1) is 0 Å². The molecule has 1 N–H and O–H groups in total. The van der Waals surface area contributed by atoms with Crippen LogP contribution in [0.15, 0.2) is 17.4 Å². The highest BCUT2D eigenvalue weighted by molar-refractivity contribution is 5.86. The molecule has 0 aromatic heterocycles. The Bertz CT molecular complexity index is 222. The molecule has 0 rings (SSSR count). The van der Waals surface area contributed by atoms with E-state index in [4.69, 9.17) is 5.11 Å². The van der Waals surface area contributed by atoms with E-state index in [1.807, 2.05) is 0 Å². The molecule has 0 spiro atoms. The van der Waals surface area contributed by atoms with Crippen LogP contribution in [0.4, 0.5) is 0 Å². The average molecular weight is 196 g/mol. The van der Waals surface area contributed by atoms with E-state index < -0.39 is 5.97 Å². The Morgan fingerprint density at radius 1 is 1.29 bits per heavy atom. The summed E-state index contributed by atoms with van der Waals surface area (Å²) in [5, 5.41) is 8.79. The largest absolute Gasteiger partial charge is 0.477 e. The van der Waals surface area contributed by atoms with E-state index in [-0.39, 0.29) is 0 Å². The van der Waals surface area contributed by atoms with Crippen LogP contribution in [0.1, 0.15) is 52.4 Å². The fourth-order valence-corrected chi connectivity index (χ4v) is 1.32. The molecule has 0 saturated heterocycles. The predicted octanol–water partition coefficient (Wildman–Crippen LogP) is 3.53. The number of aliphatic carboxylic acids is 1. The summed E-state index contributed by atoms with van der Waals surface area (Å²) in [4.78, 5) is 10.7. The molecular formula is C12H20O2. The predicted molar refractivity (Wildman–Crippen MR) is 58.3 cm³/mol. The van der Waals surface area contributed by atoms with Gasteiger partial charge in [-0.25, -0.2) is 4.79 Å². The zero-order valence-electron chi connectivity index (χ0n) is 9.18. The smallest absolute Gasteiger partial charge is 0.339 e. The quantitative estimate of drug-likeness (QED) is 0.384. The molecule has 0 aromatic rings. The number of unbranched alkanes of at least 4 members (excludes halogenated alkanes) is 4. The Kier molecular flexibility index (Phi) is 7.96. The zero-order valence-corrected chi connectivity index (χ0v) is 9.18. The van der Waals surface area contributed by atoms with Gasteiger partial charge in [0, 0.05) is 0 Å². The van der Waals surface area contributed by atoms with E-state index in [2.05, 4.69) is 12.7 Å². The molecule has 0 aliphatic heterocycles. The van der Waals surface area contributed by atoms with Crippen molar-refractivity contribution in [3.05, 3.63) is 17.4 Å². The van der Waals surface area contributed by atoms with Gasteiger partial charge in [0.15, 0.2) is 0 Å². The van der Waals surface area contributed by atoms with Gasteiger partial charge in [-0.2, -0.15) is 0 Å². The van der Waals surface area contributed by atoms with Crippen molar-refractivity contribution in [2.75, 3.05) is 0 Å². The van der Waals surface area contributed by atoms with Crippen LogP contribution in [0.3, 0.4) is 0 Å². The van der Waals surface area contributed by atoms with Crippen molar-refractivity contribution in [3.63, 3.8) is 0 Å². The molecule has 0 saturated carbocycles. The van der Waals surface area contributed by atoms with Crippen LogP contribution in [0.5, 0.6) is 0 Å². The van der Waals surface area contributed by atoms with Crippen molar-refractivity contribution in [2.24, 2.45) is 0 Å². The Balaban J connectivity index is 3.74. The molecule has 0 atom stereocenters. The van der Waals surface area contributed by atoms with Crippen LogP contribution >= 0.6 is 0 Å². The van der Waals surface area contributed by atoms with Crippen molar-refractivity contribution < 1.29 is 9.90 Å². The monoisotopic (exact) mass is 196 g/mol. The van der Waals surface area contributed by atoms with Gasteiger partial charge in [-0.1, -0.05) is 32.6 Å². The van der Waals surface area contributed by atoms with E-state index in [0.717, 1.165) is 12.8 Å². The van der Waals surface area contributed by atoms with Crippen LogP contribution in [-0.4, -0.2) is 11.1 Å². The van der Waals surface area contributed by atoms with Crippen LogP contribution in [-0.2, 0) is 4.79 Å². The number of carboxylic acids is 1. The van der Waals surface area contributed by atoms with Gasteiger partial charge in [0.1, 0.15) is 0 Å². The topological polar surface area (TPSA) is 37.3 Å². The van der Waals surface area contributed by atoms with Crippen LogP contribution in [0.25, 0.3) is 0 Å². The molecule has 14 heavy (non-hydrogen) atoms. The lowest BCUT2D eigenvalue weighted by molar-refractivity contribution is -0.132. The molecule has 2 nitrogen and oxygen atoms in total. The molecular weight excluding hydrogens is 176 g/mol. The first-order chi connectivity index (χ1) is 6.72. The van der Waals surface area contributed by atoms with E-state index in [1.54, 1.807) is 13.0 Å². The number of hydrogen-bond acceptors (Lipinski definition) is 1. The Morgan fingerprint density at radius 3 is 2.43 bits per heavy atom. The molecule has 2 heteroatoms. The molecule has 0 heterocycles. The molecule has 0 fully saturated rings. The second-order valence-corrected chi connectivity index (χ2v) is 3.38. The highest BCUT2D eigenvalue weighted by atomic mass is 16.4. The van der Waals surface area contributed by atoms with E-state index in [1.165, 1.54) is 19.3 Å². The number of hydrogen-bond donors (Lipinski definition) is 1. The maximum Gasteiger partial charge on any atom is 0.339 e. The van der Waals surface area contributed by atoms with E-state index in [9.17, 15) is 4.79 Å². The summed E-state index contributed by atoms with van der Waals surface area (Å²) in [6, 6.07) is 0. The van der Waals surface area contributed by atoms with Crippen molar-refractivity contribution in [1.82, 2.24) is 0 Å². The molecule has 0 aromatic carbocycles. The lowest BCUT2D eigenvalue weighted by atomic mass is 10.1. The molecule has 0 bridgehead atoms. The lowest BCUT2D eigenvalue weighted by Crippen LogP contribution is -1.99. The second kappa shape index (κ2) is 8.58. The van der Waals surface area contributed by atoms with Gasteiger partial charge >= 0.3 is 5.97 Å². The minimum absolute atomic E-state index is 0.406. The maximum atomic E-state index is 10.7. The first-order valence-corrected chi connectivity index (χ1v) is 5.35. The highest BCUT2D eigenvalue weighted by Crippen LogP contribution is 2.10. The Hall–Kier alpha value is -1.01. The fraction of sp³-hybridized carbons (Fsp3) is 0.667. The van der Waals surface area contributed by atoms with Gasteiger partial charge < -0.3 is 5.11 Å². The van der Waals surface area contributed by atoms with Gasteiger partial charge in [-0.05, 0) is 25.8 Å². The highest BCUT2D eigenvalue weighted by Gasteiger charge is 2.04. The van der Waals surface area contributed by atoms with Gasteiger partial charge in [-0.15, -0.1) is 5.73 Å². The maximum absolute atomic E-state index is 10.7. The summed E-state index contributed by atoms with van der Waals surface area (Å²) in [7, 11) is 0. The van der Waals surface area contributed by atoms with E-state index >= 15 is 0 Å². The summed E-state index contributed by atoms with van der Waals surface area (Å²) >= 11 is 0. The van der Waals surface area contributed by atoms with Crippen molar-refractivity contribution >= 4 is 5.97 Å². The number of rotatable bonds is 7. The van der Waals surface area contributed by atoms with Crippen LogP contribution in [0.2, 0.25) is 0 Å². The van der Waals surface area contributed by atoms with Gasteiger partial charge in [0.25, 0.3) is 0 Å². The summed E-state index contributed by atoms with van der Waals surface area (Å²) in [6.07, 6.45) is 8.06. The first-order valence-electron chi connectivity index (χ1n) is 5.35. The van der Waals surface area contributed by atoms with Crippen LogP contribution < -0.4 is 0 Å². The summed E-state index contributed by atoms with van der Waals surface area (Å²) in [5.41, 5.74) is 3.17. The Morgan fingerprint density at radius 2 is 1.93 bits per heavy atom. The van der Waals surface area contributed by atoms with Crippen molar-refractivity contribution in [3.8, 4) is 0 Å². The third-order valence-corrected chi connectivity index (χ3v) is 2.11. The van der Waals surface area contributed by atoms with Crippen molar-refractivity contribution in [2.45, 2.75) is 52.4 Å². The standard InChI is InChI=1S/C12H20O2/c1-3-5-6-7-8-10-11(9-4-2)12(13)14/h4H,3,5-8,10H2,1-2H3,(H,13,14).